The molecule has 2 aromatic rings. The summed E-state index contributed by atoms with van der Waals surface area (Å²) in [6, 6.07) is 7.32. The van der Waals surface area contributed by atoms with Crippen LogP contribution in [0.1, 0.15) is 32.1 Å². The first kappa shape index (κ1) is 18.6. The van der Waals surface area contributed by atoms with Crippen molar-refractivity contribution in [2.45, 2.75) is 37.3 Å². The van der Waals surface area contributed by atoms with Crippen molar-refractivity contribution >= 4 is 29.3 Å². The Morgan fingerprint density at radius 3 is 2.85 bits per heavy atom. The molecule has 1 saturated carbocycles. The molecule has 1 aliphatic heterocycles. The molecular formula is C19H24ClN5OS. The Kier molecular flexibility index (Phi) is 5.59. The number of aromatic nitrogens is 3. The van der Waals surface area contributed by atoms with Gasteiger partial charge in [0.25, 0.3) is 0 Å². The molecule has 1 aliphatic carbocycles. The minimum atomic E-state index is 0.163. The first-order valence-corrected chi connectivity index (χ1v) is 10.8. The summed E-state index contributed by atoms with van der Waals surface area (Å²) in [5.41, 5.74) is 0.801. The number of nitrogens with zero attached hydrogens (tertiary/aromatic N) is 4. The number of halogens is 1. The van der Waals surface area contributed by atoms with E-state index in [2.05, 4.69) is 10.2 Å². The van der Waals surface area contributed by atoms with Crippen LogP contribution in [0.2, 0.25) is 5.02 Å². The summed E-state index contributed by atoms with van der Waals surface area (Å²) in [5.74, 6) is 8.69. The first-order chi connectivity index (χ1) is 13.1. The van der Waals surface area contributed by atoms with Crippen LogP contribution >= 0.6 is 23.4 Å². The number of thioether (sulfide) groups is 1. The van der Waals surface area contributed by atoms with E-state index in [-0.39, 0.29) is 5.91 Å². The average molecular weight is 406 g/mol. The largest absolute Gasteiger partial charge is 0.342 e. The summed E-state index contributed by atoms with van der Waals surface area (Å²) in [6.07, 6.45) is 6.41. The fourth-order valence-electron chi connectivity index (χ4n) is 4.24. The summed E-state index contributed by atoms with van der Waals surface area (Å²) >= 11 is 7.38. The molecule has 0 unspecified atom stereocenters. The lowest BCUT2D eigenvalue weighted by Gasteiger charge is -2.41. The standard InChI is InChI=1S/C19H24ClN5OS/c20-16-7-3-6-14(10-16)18-22-23-19(25(18)21)27-12-17(26)24-9-8-13-4-1-2-5-15(13)11-24/h3,6-7,10,13,15H,1-2,4-5,8-9,11-12,21H2/t13-,15+/m1/s1. The molecule has 2 N–H and O–H groups in total. The van der Waals surface area contributed by atoms with Gasteiger partial charge in [-0.3, -0.25) is 4.79 Å². The van der Waals surface area contributed by atoms with Gasteiger partial charge < -0.3 is 10.7 Å². The third-order valence-electron chi connectivity index (χ3n) is 5.72. The number of nitrogen functional groups attached to an aromatic ring is 1. The van der Waals surface area contributed by atoms with E-state index in [4.69, 9.17) is 17.4 Å². The second-order valence-electron chi connectivity index (χ2n) is 7.41. The minimum absolute atomic E-state index is 0.163. The van der Waals surface area contributed by atoms with E-state index in [1.165, 1.54) is 42.1 Å². The monoisotopic (exact) mass is 405 g/mol. The third kappa shape index (κ3) is 4.09. The van der Waals surface area contributed by atoms with Gasteiger partial charge in [-0.15, -0.1) is 10.2 Å². The first-order valence-electron chi connectivity index (χ1n) is 9.49. The van der Waals surface area contributed by atoms with Gasteiger partial charge in [-0.2, -0.15) is 0 Å². The fourth-order valence-corrected chi connectivity index (χ4v) is 5.19. The van der Waals surface area contributed by atoms with E-state index in [1.807, 2.05) is 17.0 Å². The second kappa shape index (κ2) is 8.10. The summed E-state index contributed by atoms with van der Waals surface area (Å²) in [4.78, 5) is 14.7. The van der Waals surface area contributed by atoms with Crippen molar-refractivity contribution in [1.82, 2.24) is 19.8 Å². The van der Waals surface area contributed by atoms with Crippen molar-refractivity contribution in [3.05, 3.63) is 29.3 Å². The van der Waals surface area contributed by atoms with Crippen molar-refractivity contribution < 1.29 is 4.79 Å². The summed E-state index contributed by atoms with van der Waals surface area (Å²) in [6.45, 7) is 1.79. The Hall–Kier alpha value is -1.73. The van der Waals surface area contributed by atoms with Crippen LogP contribution in [0.25, 0.3) is 11.4 Å². The molecular weight excluding hydrogens is 382 g/mol. The van der Waals surface area contributed by atoms with Crippen LogP contribution in [0.15, 0.2) is 29.4 Å². The number of benzene rings is 1. The maximum absolute atomic E-state index is 12.7. The molecule has 0 bridgehead atoms. The molecule has 2 aliphatic rings. The van der Waals surface area contributed by atoms with Crippen molar-refractivity contribution in [3.8, 4) is 11.4 Å². The molecule has 1 aromatic heterocycles. The minimum Gasteiger partial charge on any atom is -0.342 e. The molecule has 144 valence electrons. The molecule has 0 radical (unpaired) electrons. The average Bonchev–Trinajstić information content (AvgIpc) is 3.06. The molecule has 1 aromatic carbocycles. The van der Waals surface area contributed by atoms with Crippen LogP contribution in [0.5, 0.6) is 0 Å². The van der Waals surface area contributed by atoms with Crippen LogP contribution in [-0.2, 0) is 4.79 Å². The summed E-state index contributed by atoms with van der Waals surface area (Å²) in [5, 5.41) is 9.45. The number of fused-ring (bicyclic) bond motifs is 1. The lowest BCUT2D eigenvalue weighted by atomic mass is 9.75. The molecule has 27 heavy (non-hydrogen) atoms. The van der Waals surface area contributed by atoms with E-state index >= 15 is 0 Å². The second-order valence-corrected chi connectivity index (χ2v) is 8.79. The van der Waals surface area contributed by atoms with E-state index in [9.17, 15) is 4.79 Å². The normalized spacial score (nSPS) is 22.5. The predicted molar refractivity (Wildman–Crippen MR) is 108 cm³/mol. The number of rotatable bonds is 4. The Morgan fingerprint density at radius 2 is 2.04 bits per heavy atom. The number of amides is 1. The quantitative estimate of drug-likeness (QED) is 0.622. The van der Waals surface area contributed by atoms with Gasteiger partial charge in [-0.25, -0.2) is 4.68 Å². The van der Waals surface area contributed by atoms with Gasteiger partial charge in [0.15, 0.2) is 5.82 Å². The van der Waals surface area contributed by atoms with E-state index in [1.54, 1.807) is 12.1 Å². The molecule has 2 atom stereocenters. The van der Waals surface area contributed by atoms with Crippen molar-refractivity contribution in [2.24, 2.45) is 11.8 Å². The maximum Gasteiger partial charge on any atom is 0.233 e. The zero-order valence-electron chi connectivity index (χ0n) is 15.2. The van der Waals surface area contributed by atoms with Crippen molar-refractivity contribution in [2.75, 3.05) is 24.7 Å². The lowest BCUT2D eigenvalue weighted by molar-refractivity contribution is -0.131. The molecule has 2 heterocycles. The van der Waals surface area contributed by atoms with Gasteiger partial charge in [-0.1, -0.05) is 54.8 Å². The fraction of sp³-hybridized carbons (Fsp3) is 0.526. The number of carbonyl (C=O) groups is 1. The number of carbonyl (C=O) groups excluding carboxylic acids is 1. The van der Waals surface area contributed by atoms with Gasteiger partial charge in [0.1, 0.15) is 0 Å². The van der Waals surface area contributed by atoms with E-state index < -0.39 is 0 Å². The molecule has 8 heteroatoms. The molecule has 1 saturated heterocycles. The highest BCUT2D eigenvalue weighted by Crippen LogP contribution is 2.36. The molecule has 4 rings (SSSR count). The lowest BCUT2D eigenvalue weighted by Crippen LogP contribution is -2.45. The SMILES string of the molecule is Nn1c(SCC(=O)N2CC[C@H]3CCCC[C@H]3C2)nnc1-c1cccc(Cl)c1. The van der Waals surface area contributed by atoms with Crippen LogP contribution in [0.3, 0.4) is 0 Å². The van der Waals surface area contributed by atoms with Crippen molar-refractivity contribution in [3.63, 3.8) is 0 Å². The number of hydrogen-bond donors (Lipinski definition) is 1. The molecule has 1 amide bonds. The zero-order valence-corrected chi connectivity index (χ0v) is 16.8. The molecule has 2 fully saturated rings. The predicted octanol–water partition coefficient (Wildman–Crippen LogP) is 3.44. The Morgan fingerprint density at radius 1 is 1.22 bits per heavy atom. The highest BCUT2D eigenvalue weighted by molar-refractivity contribution is 7.99. The van der Waals surface area contributed by atoms with Crippen molar-refractivity contribution in [1.29, 1.82) is 0 Å². The number of piperidine rings is 1. The number of hydrogen-bond acceptors (Lipinski definition) is 5. The van der Waals surface area contributed by atoms with Gasteiger partial charge >= 0.3 is 0 Å². The van der Waals surface area contributed by atoms with E-state index in [0.29, 0.717) is 27.7 Å². The smallest absolute Gasteiger partial charge is 0.233 e. The summed E-state index contributed by atoms with van der Waals surface area (Å²) in [7, 11) is 0. The van der Waals surface area contributed by atoms with Crippen LogP contribution in [-0.4, -0.2) is 44.5 Å². The van der Waals surface area contributed by atoms with Crippen LogP contribution in [0, 0.1) is 11.8 Å². The Labute approximate surface area is 168 Å². The highest BCUT2D eigenvalue weighted by atomic mass is 35.5. The van der Waals surface area contributed by atoms with Crippen LogP contribution < -0.4 is 5.84 Å². The molecule has 6 nitrogen and oxygen atoms in total. The third-order valence-corrected chi connectivity index (χ3v) is 6.88. The Balaban J connectivity index is 1.37. The van der Waals surface area contributed by atoms with Gasteiger partial charge in [-0.05, 0) is 36.8 Å². The van der Waals surface area contributed by atoms with Gasteiger partial charge in [0, 0.05) is 23.7 Å². The molecule has 0 spiro atoms. The van der Waals surface area contributed by atoms with Gasteiger partial charge in [0.2, 0.25) is 11.1 Å². The zero-order chi connectivity index (χ0) is 18.8. The maximum atomic E-state index is 12.7. The van der Waals surface area contributed by atoms with Crippen LogP contribution in [0.4, 0.5) is 0 Å². The number of nitrogens with two attached hydrogens (primary N) is 1. The van der Waals surface area contributed by atoms with E-state index in [0.717, 1.165) is 31.0 Å². The van der Waals surface area contributed by atoms with Gasteiger partial charge in [0.05, 0.1) is 5.75 Å². The highest BCUT2D eigenvalue weighted by Gasteiger charge is 2.32. The Bertz CT molecular complexity index is 826. The number of likely N-dealkylation sites (tertiary alicyclic amines) is 1. The topological polar surface area (TPSA) is 77.0 Å². The summed E-state index contributed by atoms with van der Waals surface area (Å²) < 4.78 is 1.43.